The van der Waals surface area contributed by atoms with Crippen LogP contribution >= 0.6 is 0 Å². The van der Waals surface area contributed by atoms with Gasteiger partial charge < -0.3 is 11.1 Å². The molecule has 1 aromatic carbocycles. The van der Waals surface area contributed by atoms with Crippen molar-refractivity contribution in [2.45, 2.75) is 40.2 Å². The van der Waals surface area contributed by atoms with Gasteiger partial charge in [0, 0.05) is 18.2 Å². The van der Waals surface area contributed by atoms with Crippen molar-refractivity contribution < 1.29 is 4.79 Å². The highest BCUT2D eigenvalue weighted by Gasteiger charge is 2.13. The maximum atomic E-state index is 12.1. The van der Waals surface area contributed by atoms with Crippen LogP contribution in [0.5, 0.6) is 0 Å². The highest BCUT2D eigenvalue weighted by Crippen LogP contribution is 2.16. The highest BCUT2D eigenvalue weighted by atomic mass is 16.1. The first-order valence-corrected chi connectivity index (χ1v) is 6.07. The summed E-state index contributed by atoms with van der Waals surface area (Å²) in [5, 5.41) is 2.89. The topological polar surface area (TPSA) is 55.1 Å². The monoisotopic (exact) mass is 234 g/mol. The van der Waals surface area contributed by atoms with Gasteiger partial charge in [0.15, 0.2) is 0 Å². The molecule has 1 aromatic rings. The minimum atomic E-state index is -0.0242. The van der Waals surface area contributed by atoms with Crippen LogP contribution in [0.3, 0.4) is 0 Å². The van der Waals surface area contributed by atoms with Gasteiger partial charge in [0.2, 0.25) is 0 Å². The zero-order valence-electron chi connectivity index (χ0n) is 11.1. The molecule has 0 aliphatic carbocycles. The number of nitrogens with one attached hydrogen (secondary N) is 1. The summed E-state index contributed by atoms with van der Waals surface area (Å²) >= 11 is 0. The quantitative estimate of drug-likeness (QED) is 0.838. The van der Waals surface area contributed by atoms with Crippen molar-refractivity contribution in [1.29, 1.82) is 0 Å². The molecule has 0 bridgehead atoms. The molecule has 1 rings (SSSR count). The van der Waals surface area contributed by atoms with Crippen LogP contribution in [0.1, 0.15) is 40.4 Å². The summed E-state index contributed by atoms with van der Waals surface area (Å²) in [5.41, 5.74) is 9.78. The molecule has 0 spiro atoms. The fourth-order valence-corrected chi connectivity index (χ4v) is 1.99. The highest BCUT2D eigenvalue weighted by molar-refractivity contribution is 5.97. The number of amides is 1. The fourth-order valence-electron chi connectivity index (χ4n) is 1.99. The number of hydrogen-bond donors (Lipinski definition) is 2. The Kier molecular flexibility index (Phi) is 4.70. The number of carbonyl (C=O) groups is 1. The van der Waals surface area contributed by atoms with E-state index >= 15 is 0 Å². The largest absolute Gasteiger partial charge is 0.350 e. The Morgan fingerprint density at radius 2 is 1.82 bits per heavy atom. The summed E-state index contributed by atoms with van der Waals surface area (Å²) in [6, 6.07) is 4.09. The molecule has 0 heterocycles. The number of aryl methyl sites for hydroxylation is 3. The van der Waals surface area contributed by atoms with Gasteiger partial charge in [-0.05, 0) is 38.3 Å². The molecule has 1 unspecified atom stereocenters. The molecular formula is C14H22N2O. The molecule has 17 heavy (non-hydrogen) atoms. The Balaban J connectivity index is 2.82. The van der Waals surface area contributed by atoms with Crippen molar-refractivity contribution in [3.05, 3.63) is 34.4 Å². The van der Waals surface area contributed by atoms with Crippen LogP contribution in [0.25, 0.3) is 0 Å². The van der Waals surface area contributed by atoms with Gasteiger partial charge in [-0.3, -0.25) is 4.79 Å². The Hall–Kier alpha value is -1.35. The number of rotatable bonds is 4. The second kappa shape index (κ2) is 5.82. The van der Waals surface area contributed by atoms with Crippen molar-refractivity contribution in [3.63, 3.8) is 0 Å². The maximum Gasteiger partial charge on any atom is 0.251 e. The Morgan fingerprint density at radius 3 is 2.29 bits per heavy atom. The van der Waals surface area contributed by atoms with Crippen molar-refractivity contribution in [1.82, 2.24) is 5.32 Å². The normalized spacial score (nSPS) is 12.3. The van der Waals surface area contributed by atoms with Gasteiger partial charge in [-0.2, -0.15) is 0 Å². The average molecular weight is 234 g/mol. The molecule has 0 aliphatic heterocycles. The summed E-state index contributed by atoms with van der Waals surface area (Å²) in [6.45, 7) is 8.51. The molecule has 3 heteroatoms. The molecule has 0 aromatic heterocycles. The van der Waals surface area contributed by atoms with E-state index in [2.05, 4.69) is 5.32 Å². The average Bonchev–Trinajstić information content (AvgIpc) is 2.24. The predicted molar refractivity (Wildman–Crippen MR) is 71.3 cm³/mol. The molecule has 0 aliphatic rings. The summed E-state index contributed by atoms with van der Waals surface area (Å²) in [5.74, 6) is -0.0242. The third-order valence-electron chi connectivity index (χ3n) is 2.95. The maximum absolute atomic E-state index is 12.1. The molecule has 0 saturated carbocycles. The number of nitrogens with two attached hydrogens (primary N) is 1. The van der Waals surface area contributed by atoms with E-state index in [1.54, 1.807) is 0 Å². The van der Waals surface area contributed by atoms with Crippen LogP contribution in [-0.2, 0) is 0 Å². The lowest BCUT2D eigenvalue weighted by atomic mass is 9.99. The van der Waals surface area contributed by atoms with Gasteiger partial charge >= 0.3 is 0 Å². The van der Waals surface area contributed by atoms with Crippen LogP contribution < -0.4 is 11.1 Å². The van der Waals surface area contributed by atoms with E-state index in [1.807, 2.05) is 39.8 Å². The van der Waals surface area contributed by atoms with Gasteiger partial charge in [-0.15, -0.1) is 0 Å². The second-order valence-electron chi connectivity index (χ2n) is 4.65. The summed E-state index contributed by atoms with van der Waals surface area (Å²) in [7, 11) is 0. The number of benzene rings is 1. The van der Waals surface area contributed by atoms with E-state index < -0.39 is 0 Å². The van der Waals surface area contributed by atoms with E-state index in [9.17, 15) is 4.79 Å². The number of carbonyl (C=O) groups excluding carboxylic acids is 1. The van der Waals surface area contributed by atoms with Crippen molar-refractivity contribution in [3.8, 4) is 0 Å². The molecule has 3 nitrogen and oxygen atoms in total. The van der Waals surface area contributed by atoms with E-state index in [0.717, 1.165) is 23.1 Å². The SMILES string of the molecule is CCC(N)CNC(=O)c1c(C)cc(C)cc1C. The van der Waals surface area contributed by atoms with Crippen LogP contribution in [0, 0.1) is 20.8 Å². The predicted octanol–water partition coefficient (Wildman–Crippen LogP) is 2.08. The molecule has 0 fully saturated rings. The molecule has 0 saturated heterocycles. The fraction of sp³-hybridized carbons (Fsp3) is 0.500. The first kappa shape index (κ1) is 13.7. The van der Waals surface area contributed by atoms with Gasteiger partial charge in [-0.1, -0.05) is 24.6 Å². The van der Waals surface area contributed by atoms with E-state index in [-0.39, 0.29) is 11.9 Å². The zero-order chi connectivity index (χ0) is 13.0. The molecule has 3 N–H and O–H groups in total. The molecule has 0 radical (unpaired) electrons. The lowest BCUT2D eigenvalue weighted by Gasteiger charge is -2.14. The lowest BCUT2D eigenvalue weighted by molar-refractivity contribution is 0.0950. The third kappa shape index (κ3) is 3.56. The Morgan fingerprint density at radius 1 is 1.29 bits per heavy atom. The van der Waals surface area contributed by atoms with Crippen LogP contribution in [0.15, 0.2) is 12.1 Å². The third-order valence-corrected chi connectivity index (χ3v) is 2.95. The van der Waals surface area contributed by atoms with E-state index in [1.165, 1.54) is 5.56 Å². The standard InChI is InChI=1S/C14H22N2O/c1-5-12(15)8-16-14(17)13-10(3)6-9(2)7-11(13)4/h6-7,12H,5,8,15H2,1-4H3,(H,16,17). The summed E-state index contributed by atoms with van der Waals surface area (Å²) in [4.78, 5) is 12.1. The molecular weight excluding hydrogens is 212 g/mol. The van der Waals surface area contributed by atoms with Crippen molar-refractivity contribution >= 4 is 5.91 Å². The van der Waals surface area contributed by atoms with E-state index in [4.69, 9.17) is 5.73 Å². The van der Waals surface area contributed by atoms with E-state index in [0.29, 0.717) is 6.54 Å². The van der Waals surface area contributed by atoms with Crippen molar-refractivity contribution in [2.75, 3.05) is 6.54 Å². The summed E-state index contributed by atoms with van der Waals surface area (Å²) < 4.78 is 0. The Labute approximate surface area is 103 Å². The smallest absolute Gasteiger partial charge is 0.251 e. The molecule has 1 amide bonds. The minimum absolute atomic E-state index is 0.0242. The van der Waals surface area contributed by atoms with Gasteiger partial charge in [-0.25, -0.2) is 0 Å². The Bertz CT molecular complexity index is 390. The summed E-state index contributed by atoms with van der Waals surface area (Å²) in [6.07, 6.45) is 0.867. The second-order valence-corrected chi connectivity index (χ2v) is 4.65. The number of hydrogen-bond acceptors (Lipinski definition) is 2. The first-order valence-electron chi connectivity index (χ1n) is 6.07. The van der Waals surface area contributed by atoms with Crippen LogP contribution in [0.4, 0.5) is 0 Å². The van der Waals surface area contributed by atoms with Crippen molar-refractivity contribution in [2.24, 2.45) is 5.73 Å². The van der Waals surface area contributed by atoms with Gasteiger partial charge in [0.25, 0.3) is 5.91 Å². The van der Waals surface area contributed by atoms with Crippen LogP contribution in [-0.4, -0.2) is 18.5 Å². The lowest BCUT2D eigenvalue weighted by Crippen LogP contribution is -2.37. The van der Waals surface area contributed by atoms with Gasteiger partial charge in [0.1, 0.15) is 0 Å². The molecule has 94 valence electrons. The minimum Gasteiger partial charge on any atom is -0.350 e. The van der Waals surface area contributed by atoms with Gasteiger partial charge in [0.05, 0.1) is 0 Å². The zero-order valence-corrected chi connectivity index (χ0v) is 11.1. The first-order chi connectivity index (χ1) is 7.95. The van der Waals surface area contributed by atoms with Crippen LogP contribution in [0.2, 0.25) is 0 Å². The molecule has 1 atom stereocenters.